The third-order valence-electron chi connectivity index (χ3n) is 3.09. The summed E-state index contributed by atoms with van der Waals surface area (Å²) in [5, 5.41) is 2.77. The summed E-state index contributed by atoms with van der Waals surface area (Å²) in [7, 11) is 0. The Morgan fingerprint density at radius 3 is 2.60 bits per heavy atom. The average molecular weight is 272 g/mol. The molecule has 0 saturated carbocycles. The van der Waals surface area contributed by atoms with Gasteiger partial charge in [-0.1, -0.05) is 25.1 Å². The Morgan fingerprint density at radius 2 is 1.95 bits per heavy atom. The minimum Gasteiger partial charge on any atom is -0.311 e. The highest BCUT2D eigenvalue weighted by Gasteiger charge is 2.12. The van der Waals surface area contributed by atoms with Gasteiger partial charge in [0.2, 0.25) is 5.91 Å². The molecule has 0 aliphatic rings. The normalized spacial score (nSPS) is 11.9. The Kier molecular flexibility index (Phi) is 4.45. The molecule has 1 amide bonds. The zero-order valence-corrected chi connectivity index (χ0v) is 11.6. The number of anilines is 1. The van der Waals surface area contributed by atoms with E-state index in [1.807, 2.05) is 26.0 Å². The first-order valence-corrected chi connectivity index (χ1v) is 6.53. The monoisotopic (exact) mass is 272 g/mol. The fraction of sp³-hybridized carbons (Fsp3) is 0.250. The van der Waals surface area contributed by atoms with Crippen molar-refractivity contribution in [2.45, 2.75) is 26.2 Å². The summed E-state index contributed by atoms with van der Waals surface area (Å²) in [5.74, 6) is 0.219. The zero-order chi connectivity index (χ0) is 14.5. The van der Waals surface area contributed by atoms with Crippen molar-refractivity contribution in [3.63, 3.8) is 0 Å². The van der Waals surface area contributed by atoms with Crippen molar-refractivity contribution in [1.29, 1.82) is 0 Å². The van der Waals surface area contributed by atoms with E-state index < -0.39 is 0 Å². The van der Waals surface area contributed by atoms with Crippen molar-refractivity contribution in [2.24, 2.45) is 0 Å². The van der Waals surface area contributed by atoms with E-state index in [1.165, 1.54) is 12.1 Å². The van der Waals surface area contributed by atoms with E-state index in [0.29, 0.717) is 12.2 Å². The number of aryl methyl sites for hydroxylation is 1. The second-order valence-corrected chi connectivity index (χ2v) is 4.87. The van der Waals surface area contributed by atoms with E-state index in [2.05, 4.69) is 10.3 Å². The fourth-order valence-corrected chi connectivity index (χ4v) is 1.99. The molecule has 1 aromatic heterocycles. The van der Waals surface area contributed by atoms with Crippen LogP contribution in [-0.2, 0) is 4.79 Å². The van der Waals surface area contributed by atoms with Crippen molar-refractivity contribution < 1.29 is 9.18 Å². The van der Waals surface area contributed by atoms with Crippen LogP contribution in [0.25, 0.3) is 0 Å². The van der Waals surface area contributed by atoms with Gasteiger partial charge in [0.25, 0.3) is 0 Å². The van der Waals surface area contributed by atoms with Gasteiger partial charge in [0, 0.05) is 12.1 Å². The van der Waals surface area contributed by atoms with E-state index in [9.17, 15) is 9.18 Å². The summed E-state index contributed by atoms with van der Waals surface area (Å²) >= 11 is 0. The molecular weight excluding hydrogens is 255 g/mol. The molecule has 0 spiro atoms. The number of nitrogens with zero attached hydrogens (tertiary/aromatic N) is 1. The fourth-order valence-electron chi connectivity index (χ4n) is 1.99. The summed E-state index contributed by atoms with van der Waals surface area (Å²) in [6.45, 7) is 3.81. The van der Waals surface area contributed by atoms with Crippen LogP contribution in [0, 0.1) is 12.7 Å². The number of carbonyl (C=O) groups excluding carboxylic acids is 1. The maximum absolute atomic E-state index is 12.9. The van der Waals surface area contributed by atoms with Crippen LogP contribution in [0.2, 0.25) is 0 Å². The second kappa shape index (κ2) is 6.28. The highest BCUT2D eigenvalue weighted by atomic mass is 19.1. The van der Waals surface area contributed by atoms with Gasteiger partial charge in [-0.25, -0.2) is 9.37 Å². The van der Waals surface area contributed by atoms with Gasteiger partial charge in [0.1, 0.15) is 11.6 Å². The highest BCUT2D eigenvalue weighted by molar-refractivity contribution is 5.90. The third-order valence-corrected chi connectivity index (χ3v) is 3.09. The van der Waals surface area contributed by atoms with Crippen molar-refractivity contribution in [3.8, 4) is 0 Å². The van der Waals surface area contributed by atoms with Crippen LogP contribution in [-0.4, -0.2) is 10.9 Å². The van der Waals surface area contributed by atoms with Crippen molar-refractivity contribution in [1.82, 2.24) is 4.98 Å². The van der Waals surface area contributed by atoms with Crippen LogP contribution in [0.4, 0.5) is 10.2 Å². The van der Waals surface area contributed by atoms with Gasteiger partial charge in [-0.2, -0.15) is 0 Å². The molecule has 0 unspecified atom stereocenters. The maximum Gasteiger partial charge on any atom is 0.226 e. The average Bonchev–Trinajstić information content (AvgIpc) is 2.39. The molecule has 0 bridgehead atoms. The molecule has 3 nitrogen and oxygen atoms in total. The molecule has 1 aromatic carbocycles. The molecule has 0 saturated heterocycles. The van der Waals surface area contributed by atoms with Crippen molar-refractivity contribution in [3.05, 3.63) is 59.5 Å². The molecule has 1 atom stereocenters. The number of aromatic nitrogens is 1. The van der Waals surface area contributed by atoms with Gasteiger partial charge in [0.15, 0.2) is 0 Å². The smallest absolute Gasteiger partial charge is 0.226 e. The summed E-state index contributed by atoms with van der Waals surface area (Å²) in [4.78, 5) is 16.2. The van der Waals surface area contributed by atoms with Gasteiger partial charge >= 0.3 is 0 Å². The minimum atomic E-state index is -0.269. The lowest BCUT2D eigenvalue weighted by molar-refractivity contribution is -0.116. The molecule has 4 heteroatoms. The lowest BCUT2D eigenvalue weighted by atomic mass is 9.97. The second-order valence-electron chi connectivity index (χ2n) is 4.87. The SMILES string of the molecule is Cc1cccc(NC(=O)C[C@@H](C)c2ccc(F)cc2)n1. The van der Waals surface area contributed by atoms with Crippen LogP contribution < -0.4 is 5.32 Å². The number of halogens is 1. The molecule has 1 N–H and O–H groups in total. The van der Waals surface area contributed by atoms with Crippen LogP contribution in [0.3, 0.4) is 0 Å². The van der Waals surface area contributed by atoms with Gasteiger partial charge in [-0.3, -0.25) is 4.79 Å². The molecule has 2 aromatic rings. The highest BCUT2D eigenvalue weighted by Crippen LogP contribution is 2.19. The Hall–Kier alpha value is -2.23. The number of carbonyl (C=O) groups is 1. The number of amides is 1. The molecule has 0 fully saturated rings. The quantitative estimate of drug-likeness (QED) is 0.922. The van der Waals surface area contributed by atoms with E-state index in [4.69, 9.17) is 0 Å². The lowest BCUT2D eigenvalue weighted by Crippen LogP contribution is -2.15. The first-order chi connectivity index (χ1) is 9.54. The van der Waals surface area contributed by atoms with Crippen LogP contribution in [0.1, 0.15) is 30.5 Å². The first-order valence-electron chi connectivity index (χ1n) is 6.53. The van der Waals surface area contributed by atoms with E-state index >= 15 is 0 Å². The number of pyridine rings is 1. The molecular formula is C16H17FN2O. The predicted molar refractivity (Wildman–Crippen MR) is 77.0 cm³/mol. The number of nitrogens with one attached hydrogen (secondary N) is 1. The molecule has 1 heterocycles. The molecule has 2 rings (SSSR count). The minimum absolute atomic E-state index is 0.0282. The number of hydrogen-bond acceptors (Lipinski definition) is 2. The Bertz CT molecular complexity index is 596. The largest absolute Gasteiger partial charge is 0.311 e. The van der Waals surface area contributed by atoms with Gasteiger partial charge in [-0.05, 0) is 42.7 Å². The number of hydrogen-bond donors (Lipinski definition) is 1. The topological polar surface area (TPSA) is 42.0 Å². The zero-order valence-electron chi connectivity index (χ0n) is 11.6. The van der Waals surface area contributed by atoms with Gasteiger partial charge < -0.3 is 5.32 Å². The summed E-state index contributed by atoms with van der Waals surface area (Å²) in [5.41, 5.74) is 1.80. The van der Waals surface area contributed by atoms with Crippen molar-refractivity contribution in [2.75, 3.05) is 5.32 Å². The molecule has 0 aliphatic carbocycles. The maximum atomic E-state index is 12.9. The first kappa shape index (κ1) is 14.2. The predicted octanol–water partition coefficient (Wildman–Crippen LogP) is 3.66. The molecule has 0 radical (unpaired) electrons. The Morgan fingerprint density at radius 1 is 1.25 bits per heavy atom. The summed E-state index contributed by atoms with van der Waals surface area (Å²) in [6, 6.07) is 11.7. The number of benzene rings is 1. The molecule has 0 aliphatic heterocycles. The van der Waals surface area contributed by atoms with Gasteiger partial charge in [0.05, 0.1) is 0 Å². The summed E-state index contributed by atoms with van der Waals surface area (Å²) in [6.07, 6.45) is 0.335. The third kappa shape index (κ3) is 3.88. The standard InChI is InChI=1S/C16H17FN2O/c1-11(13-6-8-14(17)9-7-13)10-16(20)19-15-5-3-4-12(2)18-15/h3-9,11H,10H2,1-2H3,(H,18,19,20)/t11-/m1/s1. The Labute approximate surface area is 117 Å². The lowest BCUT2D eigenvalue weighted by Gasteiger charge is -2.12. The van der Waals surface area contributed by atoms with E-state index in [0.717, 1.165) is 11.3 Å². The van der Waals surface area contributed by atoms with E-state index in [-0.39, 0.29) is 17.6 Å². The molecule has 104 valence electrons. The van der Waals surface area contributed by atoms with Gasteiger partial charge in [-0.15, -0.1) is 0 Å². The van der Waals surface area contributed by atoms with E-state index in [1.54, 1.807) is 18.2 Å². The number of rotatable bonds is 4. The van der Waals surface area contributed by atoms with Crippen LogP contribution in [0.5, 0.6) is 0 Å². The van der Waals surface area contributed by atoms with Crippen LogP contribution >= 0.6 is 0 Å². The molecule has 20 heavy (non-hydrogen) atoms. The van der Waals surface area contributed by atoms with Crippen LogP contribution in [0.15, 0.2) is 42.5 Å². The Balaban J connectivity index is 1.95. The van der Waals surface area contributed by atoms with Crippen molar-refractivity contribution >= 4 is 11.7 Å². The summed E-state index contributed by atoms with van der Waals surface area (Å²) < 4.78 is 12.9.